The lowest BCUT2D eigenvalue weighted by Gasteiger charge is -2.03. The summed E-state index contributed by atoms with van der Waals surface area (Å²) in [6.45, 7) is 0.474. The number of anilines is 1. The van der Waals surface area contributed by atoms with Crippen molar-refractivity contribution in [3.05, 3.63) is 81.3 Å². The van der Waals surface area contributed by atoms with Gasteiger partial charge < -0.3 is 9.73 Å². The maximum Gasteiger partial charge on any atom is 0.433 e. The molecule has 3 aromatic rings. The highest BCUT2D eigenvalue weighted by Gasteiger charge is 2.10. The molecule has 0 spiro atoms. The Balaban J connectivity index is 1.59. The lowest BCUT2D eigenvalue weighted by Crippen LogP contribution is -2.07. The van der Waals surface area contributed by atoms with Crippen molar-refractivity contribution in [1.29, 1.82) is 0 Å². The molecule has 1 amide bonds. The van der Waals surface area contributed by atoms with E-state index in [0.29, 0.717) is 17.3 Å². The van der Waals surface area contributed by atoms with Crippen LogP contribution in [0.25, 0.3) is 6.08 Å². The molecule has 3 rings (SSSR count). The molecule has 0 bridgehead atoms. The highest BCUT2D eigenvalue weighted by molar-refractivity contribution is 6.31. The molecule has 0 unspecified atom stereocenters. The van der Waals surface area contributed by atoms with E-state index in [2.05, 4.69) is 10.4 Å². The van der Waals surface area contributed by atoms with Gasteiger partial charge in [0.05, 0.1) is 24.5 Å². The summed E-state index contributed by atoms with van der Waals surface area (Å²) in [6, 6.07) is 10.1. The Bertz CT molecular complexity index is 977. The average molecular weight is 373 g/mol. The van der Waals surface area contributed by atoms with Gasteiger partial charge in [-0.25, -0.2) is 0 Å². The van der Waals surface area contributed by atoms with E-state index in [-0.39, 0.29) is 11.6 Å². The fraction of sp³-hybridized carbons (Fsp3) is 0.0588. The molecule has 0 atom stereocenters. The van der Waals surface area contributed by atoms with Crippen LogP contribution in [0, 0.1) is 10.1 Å². The fourth-order valence-electron chi connectivity index (χ4n) is 2.19. The summed E-state index contributed by atoms with van der Waals surface area (Å²) >= 11 is 6.12. The maximum atomic E-state index is 11.9. The predicted octanol–water partition coefficient (Wildman–Crippen LogP) is 3.74. The molecule has 0 saturated heterocycles. The second-order valence-corrected chi connectivity index (χ2v) is 5.68. The molecular weight excluding hydrogens is 360 g/mol. The topological polar surface area (TPSA) is 103 Å². The van der Waals surface area contributed by atoms with Crippen LogP contribution in [-0.2, 0) is 11.3 Å². The van der Waals surface area contributed by atoms with Crippen LogP contribution in [-0.4, -0.2) is 20.6 Å². The molecule has 0 aliphatic carbocycles. The largest absolute Gasteiger partial charge is 0.433 e. The SMILES string of the molecule is O=C(/C=C/c1ccc([N+](=O)[O-])o1)Nc1cnn(Cc2ccccc2Cl)c1. The summed E-state index contributed by atoms with van der Waals surface area (Å²) in [7, 11) is 0. The monoisotopic (exact) mass is 372 g/mol. The highest BCUT2D eigenvalue weighted by atomic mass is 35.5. The van der Waals surface area contributed by atoms with Crippen LogP contribution in [0.5, 0.6) is 0 Å². The van der Waals surface area contributed by atoms with Gasteiger partial charge in [0.25, 0.3) is 0 Å². The molecule has 132 valence electrons. The standard InChI is InChI=1S/C17H13ClN4O4/c18-15-4-2-1-3-12(15)10-21-11-13(9-19-21)20-16(23)7-5-14-6-8-17(26-14)22(24)25/h1-9,11H,10H2,(H,20,23)/b7-5+. The van der Waals surface area contributed by atoms with Gasteiger partial charge in [-0.1, -0.05) is 29.8 Å². The Morgan fingerprint density at radius 1 is 1.35 bits per heavy atom. The number of nitrogens with one attached hydrogen (secondary N) is 1. The first-order valence-electron chi connectivity index (χ1n) is 7.50. The minimum atomic E-state index is -0.648. The van der Waals surface area contributed by atoms with Crippen LogP contribution in [0.15, 0.2) is 59.3 Å². The summed E-state index contributed by atoms with van der Waals surface area (Å²) in [4.78, 5) is 21.8. The van der Waals surface area contributed by atoms with Gasteiger partial charge in [-0.05, 0) is 23.8 Å². The molecule has 0 aliphatic heterocycles. The van der Waals surface area contributed by atoms with E-state index in [9.17, 15) is 14.9 Å². The van der Waals surface area contributed by atoms with Gasteiger partial charge in [-0.2, -0.15) is 5.10 Å². The summed E-state index contributed by atoms with van der Waals surface area (Å²) in [5.74, 6) is -0.589. The first kappa shape index (κ1) is 17.4. The van der Waals surface area contributed by atoms with Gasteiger partial charge in [-0.3, -0.25) is 19.6 Å². The van der Waals surface area contributed by atoms with Crippen molar-refractivity contribution in [2.45, 2.75) is 6.54 Å². The fourth-order valence-corrected chi connectivity index (χ4v) is 2.38. The van der Waals surface area contributed by atoms with E-state index in [1.165, 1.54) is 30.5 Å². The zero-order valence-corrected chi connectivity index (χ0v) is 14.1. The Labute approximate surface area is 152 Å². The van der Waals surface area contributed by atoms with Gasteiger partial charge >= 0.3 is 5.88 Å². The number of furan rings is 1. The van der Waals surface area contributed by atoms with E-state index >= 15 is 0 Å². The van der Waals surface area contributed by atoms with Crippen molar-refractivity contribution < 1.29 is 14.1 Å². The number of carbonyl (C=O) groups is 1. The Kier molecular flexibility index (Phi) is 5.14. The second kappa shape index (κ2) is 7.66. The van der Waals surface area contributed by atoms with Crippen LogP contribution >= 0.6 is 11.6 Å². The van der Waals surface area contributed by atoms with E-state index < -0.39 is 10.8 Å². The Morgan fingerprint density at radius 3 is 2.88 bits per heavy atom. The van der Waals surface area contributed by atoms with Crippen LogP contribution in [0.1, 0.15) is 11.3 Å². The zero-order valence-electron chi connectivity index (χ0n) is 13.3. The van der Waals surface area contributed by atoms with E-state index in [4.69, 9.17) is 16.0 Å². The number of carbonyl (C=O) groups excluding carboxylic acids is 1. The van der Waals surface area contributed by atoms with E-state index in [1.807, 2.05) is 18.2 Å². The quantitative estimate of drug-likeness (QED) is 0.403. The molecular formula is C17H13ClN4O4. The molecule has 9 heteroatoms. The average Bonchev–Trinajstić information content (AvgIpc) is 3.25. The van der Waals surface area contributed by atoms with Gasteiger partial charge in [0.2, 0.25) is 5.91 Å². The van der Waals surface area contributed by atoms with Gasteiger partial charge in [0.1, 0.15) is 10.7 Å². The summed E-state index contributed by atoms with van der Waals surface area (Å²) < 4.78 is 6.58. The number of rotatable bonds is 6. The Hall–Kier alpha value is -3.39. The van der Waals surface area contributed by atoms with Crippen LogP contribution in [0.4, 0.5) is 11.6 Å². The van der Waals surface area contributed by atoms with Gasteiger partial charge in [0, 0.05) is 17.3 Å². The predicted molar refractivity (Wildman–Crippen MR) is 95.8 cm³/mol. The van der Waals surface area contributed by atoms with E-state index in [1.54, 1.807) is 16.9 Å². The van der Waals surface area contributed by atoms with Crippen molar-refractivity contribution in [3.63, 3.8) is 0 Å². The van der Waals surface area contributed by atoms with Crippen molar-refractivity contribution >= 4 is 35.2 Å². The molecule has 0 radical (unpaired) electrons. The van der Waals surface area contributed by atoms with Crippen LogP contribution in [0.3, 0.4) is 0 Å². The second-order valence-electron chi connectivity index (χ2n) is 5.27. The number of amides is 1. The van der Waals surface area contributed by atoms with Gasteiger partial charge in [-0.15, -0.1) is 0 Å². The molecule has 0 fully saturated rings. The highest BCUT2D eigenvalue weighted by Crippen LogP contribution is 2.18. The maximum absolute atomic E-state index is 11.9. The number of hydrogen-bond acceptors (Lipinski definition) is 5. The summed E-state index contributed by atoms with van der Waals surface area (Å²) in [5.41, 5.74) is 1.42. The molecule has 1 N–H and O–H groups in total. The summed E-state index contributed by atoms with van der Waals surface area (Å²) in [5, 5.41) is 18.0. The number of nitro groups is 1. The third kappa shape index (κ3) is 4.37. The summed E-state index contributed by atoms with van der Waals surface area (Å²) in [6.07, 6.45) is 5.75. The third-order valence-electron chi connectivity index (χ3n) is 3.38. The molecule has 0 saturated carbocycles. The minimum Gasteiger partial charge on any atom is -0.401 e. The van der Waals surface area contributed by atoms with Crippen molar-refractivity contribution in [3.8, 4) is 0 Å². The number of aromatic nitrogens is 2. The van der Waals surface area contributed by atoms with Crippen LogP contribution in [0.2, 0.25) is 5.02 Å². The molecule has 1 aromatic carbocycles. The van der Waals surface area contributed by atoms with Gasteiger partial charge in [0.15, 0.2) is 0 Å². The van der Waals surface area contributed by atoms with Crippen molar-refractivity contribution in [1.82, 2.24) is 9.78 Å². The lowest BCUT2D eigenvalue weighted by molar-refractivity contribution is -0.402. The normalized spacial score (nSPS) is 11.0. The number of hydrogen-bond donors (Lipinski definition) is 1. The molecule has 2 aromatic heterocycles. The molecule has 26 heavy (non-hydrogen) atoms. The molecule has 8 nitrogen and oxygen atoms in total. The van der Waals surface area contributed by atoms with Crippen molar-refractivity contribution in [2.75, 3.05) is 5.32 Å². The molecule has 0 aliphatic rings. The van der Waals surface area contributed by atoms with Crippen LogP contribution < -0.4 is 5.32 Å². The first-order valence-corrected chi connectivity index (χ1v) is 7.88. The van der Waals surface area contributed by atoms with E-state index in [0.717, 1.165) is 5.56 Å². The minimum absolute atomic E-state index is 0.210. The van der Waals surface area contributed by atoms with Crippen molar-refractivity contribution in [2.24, 2.45) is 0 Å². The number of nitrogens with zero attached hydrogens (tertiary/aromatic N) is 3. The Morgan fingerprint density at radius 2 is 2.15 bits per heavy atom. The first-order chi connectivity index (χ1) is 12.5. The number of halogens is 1. The number of benzene rings is 1. The third-order valence-corrected chi connectivity index (χ3v) is 3.75. The smallest absolute Gasteiger partial charge is 0.401 e. The molecule has 2 heterocycles. The lowest BCUT2D eigenvalue weighted by atomic mass is 10.2. The zero-order chi connectivity index (χ0) is 18.5.